The average Bonchev–Trinajstić information content (AvgIpc) is 2.77. The van der Waals surface area contributed by atoms with Gasteiger partial charge < -0.3 is 9.84 Å². The largest absolute Gasteiger partial charge is 0.494 e. The molecule has 0 fully saturated rings. The lowest BCUT2D eigenvalue weighted by Crippen LogP contribution is -1.99. The predicted octanol–water partition coefficient (Wildman–Crippen LogP) is 3.53. The number of benzene rings is 1. The lowest BCUT2D eigenvalue weighted by Gasteiger charge is -2.05. The molecule has 2 aromatic rings. The molecule has 0 saturated heterocycles. The first kappa shape index (κ1) is 14.5. The third kappa shape index (κ3) is 3.57. The fraction of sp³-hybridized carbons (Fsp3) is 0.333. The Hall–Kier alpha value is -1.88. The highest BCUT2D eigenvalue weighted by Gasteiger charge is 2.14. The van der Waals surface area contributed by atoms with Crippen LogP contribution >= 0.6 is 11.3 Å². The van der Waals surface area contributed by atoms with Gasteiger partial charge in [-0.1, -0.05) is 6.92 Å². The van der Waals surface area contributed by atoms with Crippen LogP contribution in [-0.2, 0) is 11.2 Å². The molecule has 1 N–H and O–H groups in total. The van der Waals surface area contributed by atoms with Gasteiger partial charge in [0, 0.05) is 10.4 Å². The molecule has 0 radical (unpaired) electrons. The van der Waals surface area contributed by atoms with Crippen molar-refractivity contribution < 1.29 is 14.6 Å². The summed E-state index contributed by atoms with van der Waals surface area (Å²) in [7, 11) is 0. The van der Waals surface area contributed by atoms with Crippen molar-refractivity contribution >= 4 is 17.3 Å². The maximum atomic E-state index is 10.9. The number of ether oxygens (including phenoxy) is 1. The highest BCUT2D eigenvalue weighted by atomic mass is 32.1. The SMILES string of the molecule is CCCOc1ccc(-c2nc(C)sc2CC(=O)O)cc1. The number of nitrogens with zero attached hydrogens (tertiary/aromatic N) is 1. The minimum atomic E-state index is -0.835. The van der Waals surface area contributed by atoms with Gasteiger partial charge in [-0.2, -0.15) is 0 Å². The van der Waals surface area contributed by atoms with Crippen LogP contribution in [0, 0.1) is 6.92 Å². The molecule has 1 aromatic heterocycles. The number of aliphatic carboxylic acids is 1. The summed E-state index contributed by atoms with van der Waals surface area (Å²) >= 11 is 1.43. The molecule has 106 valence electrons. The van der Waals surface area contributed by atoms with Gasteiger partial charge >= 0.3 is 5.97 Å². The zero-order valence-corrected chi connectivity index (χ0v) is 12.4. The summed E-state index contributed by atoms with van der Waals surface area (Å²) < 4.78 is 5.53. The molecule has 20 heavy (non-hydrogen) atoms. The van der Waals surface area contributed by atoms with Crippen molar-refractivity contribution in [2.75, 3.05) is 6.61 Å². The number of thiazole rings is 1. The Labute approximate surface area is 122 Å². The fourth-order valence-corrected chi connectivity index (χ4v) is 2.83. The Bertz CT molecular complexity index is 590. The van der Waals surface area contributed by atoms with Crippen LogP contribution < -0.4 is 4.74 Å². The Morgan fingerprint density at radius 1 is 1.35 bits per heavy atom. The van der Waals surface area contributed by atoms with Crippen molar-refractivity contribution in [2.45, 2.75) is 26.7 Å². The van der Waals surface area contributed by atoms with Crippen molar-refractivity contribution in [3.63, 3.8) is 0 Å². The second-order valence-electron chi connectivity index (χ2n) is 4.45. The van der Waals surface area contributed by atoms with Gasteiger partial charge in [-0.25, -0.2) is 4.98 Å². The van der Waals surface area contributed by atoms with Crippen LogP contribution in [0.2, 0.25) is 0 Å². The van der Waals surface area contributed by atoms with Crippen LogP contribution in [0.15, 0.2) is 24.3 Å². The Morgan fingerprint density at radius 2 is 2.05 bits per heavy atom. The number of aryl methyl sites for hydroxylation is 1. The van der Waals surface area contributed by atoms with Gasteiger partial charge in [0.1, 0.15) is 5.75 Å². The van der Waals surface area contributed by atoms with Crippen LogP contribution in [0.1, 0.15) is 23.2 Å². The molecular formula is C15H17NO3S. The first-order valence-corrected chi connectivity index (χ1v) is 7.33. The van der Waals surface area contributed by atoms with Crippen LogP contribution in [0.3, 0.4) is 0 Å². The van der Waals surface area contributed by atoms with Crippen LogP contribution in [-0.4, -0.2) is 22.7 Å². The molecule has 0 atom stereocenters. The molecule has 4 nitrogen and oxygen atoms in total. The molecule has 0 aliphatic rings. The van der Waals surface area contributed by atoms with E-state index in [1.807, 2.05) is 31.2 Å². The van der Waals surface area contributed by atoms with Gasteiger partial charge in [0.15, 0.2) is 0 Å². The van der Waals surface area contributed by atoms with E-state index in [1.54, 1.807) is 0 Å². The van der Waals surface area contributed by atoms with Crippen LogP contribution in [0.25, 0.3) is 11.3 Å². The second kappa shape index (κ2) is 6.52. The van der Waals surface area contributed by atoms with E-state index in [-0.39, 0.29) is 6.42 Å². The smallest absolute Gasteiger partial charge is 0.308 e. The van der Waals surface area contributed by atoms with E-state index in [1.165, 1.54) is 11.3 Å². The molecule has 0 aliphatic carbocycles. The lowest BCUT2D eigenvalue weighted by molar-refractivity contribution is -0.136. The molecule has 0 spiro atoms. The van der Waals surface area contributed by atoms with Gasteiger partial charge in [-0.3, -0.25) is 4.79 Å². The number of aromatic nitrogens is 1. The topological polar surface area (TPSA) is 59.4 Å². The number of carboxylic acids is 1. The number of rotatable bonds is 6. The monoisotopic (exact) mass is 291 g/mol. The molecule has 1 heterocycles. The van der Waals surface area contributed by atoms with Crippen molar-refractivity contribution in [1.29, 1.82) is 0 Å². The van der Waals surface area contributed by atoms with E-state index in [2.05, 4.69) is 11.9 Å². The molecule has 0 amide bonds. The first-order chi connectivity index (χ1) is 9.60. The summed E-state index contributed by atoms with van der Waals surface area (Å²) in [4.78, 5) is 16.1. The Kier molecular flexibility index (Phi) is 4.74. The van der Waals surface area contributed by atoms with E-state index in [4.69, 9.17) is 9.84 Å². The number of carbonyl (C=O) groups is 1. The van der Waals surface area contributed by atoms with Crippen molar-refractivity contribution in [3.05, 3.63) is 34.2 Å². The summed E-state index contributed by atoms with van der Waals surface area (Å²) in [6, 6.07) is 7.63. The van der Waals surface area contributed by atoms with E-state index in [9.17, 15) is 4.79 Å². The zero-order valence-electron chi connectivity index (χ0n) is 11.5. The van der Waals surface area contributed by atoms with Gasteiger partial charge in [0.25, 0.3) is 0 Å². The molecule has 0 saturated carbocycles. The minimum Gasteiger partial charge on any atom is -0.494 e. The maximum absolute atomic E-state index is 10.9. The van der Waals surface area contributed by atoms with Crippen LogP contribution in [0.4, 0.5) is 0 Å². The van der Waals surface area contributed by atoms with Crippen molar-refractivity contribution in [2.24, 2.45) is 0 Å². The maximum Gasteiger partial charge on any atom is 0.308 e. The summed E-state index contributed by atoms with van der Waals surface area (Å²) in [5.74, 6) is -0.0138. The molecule has 0 aliphatic heterocycles. The highest BCUT2D eigenvalue weighted by Crippen LogP contribution is 2.29. The normalized spacial score (nSPS) is 10.5. The molecule has 0 bridgehead atoms. The fourth-order valence-electron chi connectivity index (χ4n) is 1.88. The minimum absolute atomic E-state index is 0.00886. The van der Waals surface area contributed by atoms with Crippen molar-refractivity contribution in [1.82, 2.24) is 4.98 Å². The van der Waals surface area contributed by atoms with Gasteiger partial charge in [-0.15, -0.1) is 11.3 Å². The Balaban J connectivity index is 2.24. The second-order valence-corrected chi connectivity index (χ2v) is 5.74. The number of hydrogen-bond acceptors (Lipinski definition) is 4. The van der Waals surface area contributed by atoms with Crippen molar-refractivity contribution in [3.8, 4) is 17.0 Å². The summed E-state index contributed by atoms with van der Waals surface area (Å²) in [5, 5.41) is 9.83. The van der Waals surface area contributed by atoms with E-state index in [0.29, 0.717) is 6.61 Å². The lowest BCUT2D eigenvalue weighted by atomic mass is 10.1. The van der Waals surface area contributed by atoms with E-state index in [0.717, 1.165) is 33.3 Å². The van der Waals surface area contributed by atoms with E-state index >= 15 is 0 Å². The molecule has 5 heteroatoms. The molecule has 2 rings (SSSR count). The first-order valence-electron chi connectivity index (χ1n) is 6.51. The average molecular weight is 291 g/mol. The van der Waals surface area contributed by atoms with Crippen LogP contribution in [0.5, 0.6) is 5.75 Å². The summed E-state index contributed by atoms with van der Waals surface area (Å²) in [6.07, 6.45) is 0.977. The van der Waals surface area contributed by atoms with E-state index < -0.39 is 5.97 Å². The van der Waals surface area contributed by atoms with Gasteiger partial charge in [-0.05, 0) is 37.6 Å². The standard InChI is InChI=1S/C15H17NO3S/c1-3-8-19-12-6-4-11(5-7-12)15-13(9-14(17)18)20-10(2)16-15/h4-7H,3,8-9H2,1-2H3,(H,17,18). The Morgan fingerprint density at radius 3 is 2.65 bits per heavy atom. The summed E-state index contributed by atoms with van der Waals surface area (Å²) in [5.41, 5.74) is 1.69. The number of carboxylic acid groups (broad SMARTS) is 1. The molecule has 1 aromatic carbocycles. The predicted molar refractivity (Wildman–Crippen MR) is 79.4 cm³/mol. The molecule has 0 unspecified atom stereocenters. The quantitative estimate of drug-likeness (QED) is 0.884. The third-order valence-electron chi connectivity index (χ3n) is 2.72. The molecular weight excluding hydrogens is 274 g/mol. The van der Waals surface area contributed by atoms with Gasteiger partial charge in [0.2, 0.25) is 0 Å². The van der Waals surface area contributed by atoms with Gasteiger partial charge in [0.05, 0.1) is 23.7 Å². The summed E-state index contributed by atoms with van der Waals surface area (Å²) in [6.45, 7) is 4.64. The zero-order chi connectivity index (χ0) is 14.5. The highest BCUT2D eigenvalue weighted by molar-refractivity contribution is 7.12. The number of hydrogen-bond donors (Lipinski definition) is 1. The third-order valence-corrected chi connectivity index (χ3v) is 3.69.